The van der Waals surface area contributed by atoms with Crippen molar-refractivity contribution in [1.29, 1.82) is 0 Å². The largest absolute Gasteiger partial charge is 0.433 e. The van der Waals surface area contributed by atoms with Gasteiger partial charge in [0.15, 0.2) is 5.69 Å². The van der Waals surface area contributed by atoms with Crippen molar-refractivity contribution in [3.63, 3.8) is 0 Å². The number of benzene rings is 1. The van der Waals surface area contributed by atoms with E-state index in [9.17, 15) is 17.6 Å². The van der Waals surface area contributed by atoms with E-state index in [2.05, 4.69) is 5.10 Å². The van der Waals surface area contributed by atoms with Gasteiger partial charge in [-0.25, -0.2) is 9.07 Å². The number of nitrogens with two attached hydrogens (primary N) is 1. The third kappa shape index (κ3) is 2.57. The fourth-order valence-electron chi connectivity index (χ4n) is 1.65. The fraction of sp³-hybridized carbons (Fsp3) is 0.182. The quantitative estimate of drug-likeness (QED) is 0.865. The first-order valence-electron chi connectivity index (χ1n) is 5.14. The molecule has 0 aliphatic heterocycles. The Balaban J connectivity index is 2.62. The smallest absolute Gasteiger partial charge is 0.326 e. The van der Waals surface area contributed by atoms with Gasteiger partial charge in [0.25, 0.3) is 0 Å². The zero-order valence-corrected chi connectivity index (χ0v) is 10.1. The minimum Gasteiger partial charge on any atom is -0.326 e. The molecule has 2 rings (SSSR count). The summed E-state index contributed by atoms with van der Waals surface area (Å²) in [4.78, 5) is 0. The molecule has 0 saturated heterocycles. The van der Waals surface area contributed by atoms with Crippen LogP contribution in [-0.4, -0.2) is 9.78 Å². The van der Waals surface area contributed by atoms with Crippen LogP contribution in [0.2, 0.25) is 5.02 Å². The normalized spacial score (nSPS) is 11.9. The van der Waals surface area contributed by atoms with E-state index in [1.54, 1.807) is 0 Å². The van der Waals surface area contributed by atoms with Gasteiger partial charge in [0, 0.05) is 18.2 Å². The monoisotopic (exact) mass is 293 g/mol. The van der Waals surface area contributed by atoms with Crippen LogP contribution in [0.15, 0.2) is 24.4 Å². The van der Waals surface area contributed by atoms with Crippen LogP contribution in [0.3, 0.4) is 0 Å². The number of aromatic nitrogens is 2. The number of hydrogen-bond donors (Lipinski definition) is 1. The average molecular weight is 294 g/mol. The second kappa shape index (κ2) is 4.82. The van der Waals surface area contributed by atoms with Gasteiger partial charge in [-0.2, -0.15) is 18.3 Å². The maximum atomic E-state index is 13.3. The van der Waals surface area contributed by atoms with E-state index in [1.165, 1.54) is 6.07 Å². The van der Waals surface area contributed by atoms with Gasteiger partial charge in [-0.3, -0.25) is 0 Å². The van der Waals surface area contributed by atoms with Crippen LogP contribution in [0.1, 0.15) is 11.3 Å². The third-order valence-corrected chi connectivity index (χ3v) is 2.79. The van der Waals surface area contributed by atoms with Crippen LogP contribution >= 0.6 is 11.6 Å². The Kier molecular flexibility index (Phi) is 3.51. The molecule has 1 aromatic heterocycles. The fourth-order valence-corrected chi connectivity index (χ4v) is 1.76. The van der Waals surface area contributed by atoms with Crippen LogP contribution < -0.4 is 5.73 Å². The van der Waals surface area contributed by atoms with Crippen molar-refractivity contribution in [3.8, 4) is 5.69 Å². The standard InChI is InChI=1S/C11H8ClF4N3/c12-8-2-1-7(3-9(8)13)19-10(11(14,15)16)6(4-17)5-18-19/h1-3,5H,4,17H2. The highest BCUT2D eigenvalue weighted by atomic mass is 35.5. The molecule has 0 bridgehead atoms. The predicted octanol–water partition coefficient (Wildman–Crippen LogP) is 3.14. The molecule has 0 aliphatic rings. The molecular weight excluding hydrogens is 286 g/mol. The topological polar surface area (TPSA) is 43.8 Å². The van der Waals surface area contributed by atoms with Gasteiger partial charge < -0.3 is 5.73 Å². The zero-order chi connectivity index (χ0) is 14.2. The van der Waals surface area contributed by atoms with Gasteiger partial charge in [-0.1, -0.05) is 11.6 Å². The molecule has 19 heavy (non-hydrogen) atoms. The molecule has 0 saturated carbocycles. The summed E-state index contributed by atoms with van der Waals surface area (Å²) in [5.41, 5.74) is 3.99. The highest BCUT2D eigenvalue weighted by Gasteiger charge is 2.38. The summed E-state index contributed by atoms with van der Waals surface area (Å²) in [6.07, 6.45) is -3.63. The zero-order valence-electron chi connectivity index (χ0n) is 9.38. The maximum absolute atomic E-state index is 13.3. The minimum atomic E-state index is -4.64. The molecule has 1 aromatic carbocycles. The van der Waals surface area contributed by atoms with Crippen LogP contribution in [0, 0.1) is 5.82 Å². The SMILES string of the molecule is NCc1cnn(-c2ccc(Cl)c(F)c2)c1C(F)(F)F. The van der Waals surface area contributed by atoms with Gasteiger partial charge in [0.2, 0.25) is 0 Å². The van der Waals surface area contributed by atoms with E-state index in [0.29, 0.717) is 4.68 Å². The average Bonchev–Trinajstić information content (AvgIpc) is 2.76. The van der Waals surface area contributed by atoms with Crippen molar-refractivity contribution in [2.75, 3.05) is 0 Å². The first-order chi connectivity index (χ1) is 8.84. The van der Waals surface area contributed by atoms with Crippen LogP contribution in [0.25, 0.3) is 5.69 Å². The molecule has 0 radical (unpaired) electrons. The molecular formula is C11H8ClF4N3. The number of rotatable bonds is 2. The lowest BCUT2D eigenvalue weighted by Gasteiger charge is -2.12. The van der Waals surface area contributed by atoms with E-state index in [1.807, 2.05) is 0 Å². The Morgan fingerprint density at radius 2 is 2.00 bits per heavy atom. The summed E-state index contributed by atoms with van der Waals surface area (Å²) in [6, 6.07) is 3.29. The summed E-state index contributed by atoms with van der Waals surface area (Å²) >= 11 is 5.48. The van der Waals surface area contributed by atoms with Crippen LogP contribution in [-0.2, 0) is 12.7 Å². The summed E-state index contributed by atoms with van der Waals surface area (Å²) < 4.78 is 52.8. The minimum absolute atomic E-state index is 0.0751. The van der Waals surface area contributed by atoms with Crippen LogP contribution in [0.5, 0.6) is 0 Å². The molecule has 0 amide bonds. The lowest BCUT2D eigenvalue weighted by molar-refractivity contribution is -0.143. The predicted molar refractivity (Wildman–Crippen MR) is 61.4 cm³/mol. The van der Waals surface area contributed by atoms with Gasteiger partial charge in [-0.05, 0) is 12.1 Å². The molecule has 3 nitrogen and oxygen atoms in total. The Labute approximate surface area is 110 Å². The van der Waals surface area contributed by atoms with E-state index in [0.717, 1.165) is 18.3 Å². The van der Waals surface area contributed by atoms with Gasteiger partial charge in [0.1, 0.15) is 5.82 Å². The summed E-state index contributed by atoms with van der Waals surface area (Å²) in [5.74, 6) is -0.822. The van der Waals surface area contributed by atoms with E-state index in [-0.39, 0.29) is 22.8 Å². The van der Waals surface area contributed by atoms with Crippen LogP contribution in [0.4, 0.5) is 17.6 Å². The summed E-state index contributed by atoms with van der Waals surface area (Å²) in [6.45, 7) is -0.315. The molecule has 0 unspecified atom stereocenters. The molecule has 0 aliphatic carbocycles. The molecule has 0 atom stereocenters. The van der Waals surface area contributed by atoms with E-state index < -0.39 is 17.7 Å². The first-order valence-corrected chi connectivity index (χ1v) is 5.52. The third-order valence-electron chi connectivity index (χ3n) is 2.48. The molecule has 2 aromatic rings. The van der Waals surface area contributed by atoms with E-state index in [4.69, 9.17) is 17.3 Å². The molecule has 2 N–H and O–H groups in total. The summed E-state index contributed by atoms with van der Waals surface area (Å²) in [5, 5.41) is 3.42. The molecule has 102 valence electrons. The van der Waals surface area contributed by atoms with Gasteiger partial charge >= 0.3 is 6.18 Å². The number of alkyl halides is 3. The number of hydrogen-bond acceptors (Lipinski definition) is 2. The van der Waals surface area contributed by atoms with Crippen molar-refractivity contribution < 1.29 is 17.6 Å². The highest BCUT2D eigenvalue weighted by molar-refractivity contribution is 6.30. The highest BCUT2D eigenvalue weighted by Crippen LogP contribution is 2.33. The van der Waals surface area contributed by atoms with Crippen molar-refractivity contribution in [2.45, 2.75) is 12.7 Å². The molecule has 0 fully saturated rings. The first kappa shape index (κ1) is 13.8. The number of halogens is 5. The van der Waals surface area contributed by atoms with Gasteiger partial charge in [0.05, 0.1) is 16.9 Å². The second-order valence-electron chi connectivity index (χ2n) is 3.73. The molecule has 0 spiro atoms. The maximum Gasteiger partial charge on any atom is 0.433 e. The van der Waals surface area contributed by atoms with E-state index >= 15 is 0 Å². The lowest BCUT2D eigenvalue weighted by Crippen LogP contribution is -2.16. The van der Waals surface area contributed by atoms with Crippen molar-refractivity contribution in [3.05, 3.63) is 46.5 Å². The molecule has 8 heteroatoms. The van der Waals surface area contributed by atoms with Gasteiger partial charge in [-0.15, -0.1) is 0 Å². The Morgan fingerprint density at radius 1 is 1.32 bits per heavy atom. The number of nitrogens with zero attached hydrogens (tertiary/aromatic N) is 2. The Hall–Kier alpha value is -1.60. The van der Waals surface area contributed by atoms with Crippen molar-refractivity contribution >= 4 is 11.6 Å². The lowest BCUT2D eigenvalue weighted by atomic mass is 10.2. The summed E-state index contributed by atoms with van der Waals surface area (Å²) in [7, 11) is 0. The van der Waals surface area contributed by atoms with Crippen molar-refractivity contribution in [2.24, 2.45) is 5.73 Å². The second-order valence-corrected chi connectivity index (χ2v) is 4.14. The Bertz CT molecular complexity index is 606. The van der Waals surface area contributed by atoms with Crippen molar-refractivity contribution in [1.82, 2.24) is 9.78 Å². The molecule has 1 heterocycles. The Morgan fingerprint density at radius 3 is 2.53 bits per heavy atom.